The van der Waals surface area contributed by atoms with Gasteiger partial charge in [0.15, 0.2) is 5.96 Å². The molecule has 0 aliphatic rings. The average molecular weight is 473 g/mol. The number of rotatable bonds is 16. The highest BCUT2D eigenvalue weighted by Crippen LogP contribution is 2.16. The first-order chi connectivity index (χ1) is 15.0. The molecule has 0 aromatic rings. The van der Waals surface area contributed by atoms with Crippen molar-refractivity contribution in [3.8, 4) is 0 Å². The van der Waals surface area contributed by atoms with Crippen LogP contribution in [0.4, 0.5) is 0 Å². The Morgan fingerprint density at radius 2 is 1.34 bits per heavy atom. The maximum Gasteiger partial charge on any atom is 0.500 e. The van der Waals surface area contributed by atoms with Gasteiger partial charge in [0.1, 0.15) is 0 Å². The molecule has 32 heavy (non-hydrogen) atoms. The molecule has 7 nitrogen and oxygen atoms in total. The van der Waals surface area contributed by atoms with E-state index in [-0.39, 0.29) is 6.04 Å². The Bertz CT molecular complexity index is 539. The molecule has 0 rings (SSSR count). The van der Waals surface area contributed by atoms with E-state index in [4.69, 9.17) is 23.3 Å². The Morgan fingerprint density at radius 3 is 1.78 bits per heavy atom. The number of nitrogens with one attached hydrogen (secondary N) is 1. The van der Waals surface area contributed by atoms with Crippen molar-refractivity contribution in [3.05, 3.63) is 0 Å². The predicted octanol–water partition coefficient (Wildman–Crippen LogP) is 4.99. The summed E-state index contributed by atoms with van der Waals surface area (Å²) in [6.45, 7) is 19.2. The van der Waals surface area contributed by atoms with Gasteiger partial charge in [0.05, 0.1) is 0 Å². The van der Waals surface area contributed by atoms with Gasteiger partial charge in [-0.3, -0.25) is 9.98 Å². The van der Waals surface area contributed by atoms with Gasteiger partial charge in [-0.15, -0.1) is 0 Å². The van der Waals surface area contributed by atoms with Crippen LogP contribution in [0, 0.1) is 5.92 Å². The Hall–Kier alpha value is -0.963. The Balaban J connectivity index is 5.39. The maximum atomic E-state index is 5.61. The van der Waals surface area contributed by atoms with Crippen molar-refractivity contribution in [3.63, 3.8) is 0 Å². The zero-order valence-electron chi connectivity index (χ0n) is 22.8. The van der Waals surface area contributed by atoms with Crippen LogP contribution in [0.2, 0.25) is 6.04 Å². The minimum atomic E-state index is -2.58. The topological polar surface area (TPSA) is 67.7 Å². The molecule has 0 unspecified atom stereocenters. The monoisotopic (exact) mass is 472 g/mol. The Morgan fingerprint density at radius 1 is 0.812 bits per heavy atom. The summed E-state index contributed by atoms with van der Waals surface area (Å²) in [5, 5.41) is 3.57. The van der Waals surface area contributed by atoms with Gasteiger partial charge in [-0.25, -0.2) is 0 Å². The SMILES string of the molecule is CO[Si](CCCN(CCCC(CC(C)C)=NC(C)C)C(=NC(C)C)NC(C)C)(OC)OC. The first-order valence-electron chi connectivity index (χ1n) is 12.3. The summed E-state index contributed by atoms with van der Waals surface area (Å²) in [4.78, 5) is 12.2. The quantitative estimate of drug-likeness (QED) is 0.195. The van der Waals surface area contributed by atoms with Crippen molar-refractivity contribution in [2.45, 2.75) is 105 Å². The number of hydrogen-bond acceptors (Lipinski definition) is 5. The highest BCUT2D eigenvalue weighted by Gasteiger charge is 2.37. The van der Waals surface area contributed by atoms with Crippen LogP contribution in [-0.4, -0.2) is 77.9 Å². The summed E-state index contributed by atoms with van der Waals surface area (Å²) in [5.74, 6) is 1.60. The smallest absolute Gasteiger partial charge is 0.377 e. The van der Waals surface area contributed by atoms with E-state index in [9.17, 15) is 0 Å². The summed E-state index contributed by atoms with van der Waals surface area (Å²) in [6.07, 6.45) is 4.06. The van der Waals surface area contributed by atoms with E-state index in [1.54, 1.807) is 21.3 Å². The van der Waals surface area contributed by atoms with E-state index in [0.29, 0.717) is 18.0 Å². The number of hydrogen-bond donors (Lipinski definition) is 1. The first-order valence-corrected chi connectivity index (χ1v) is 14.2. The molecule has 0 saturated heterocycles. The van der Waals surface area contributed by atoms with Crippen LogP contribution < -0.4 is 5.32 Å². The predicted molar refractivity (Wildman–Crippen MR) is 140 cm³/mol. The largest absolute Gasteiger partial charge is 0.500 e. The molecule has 0 heterocycles. The normalized spacial score (nSPS) is 13.7. The van der Waals surface area contributed by atoms with Gasteiger partial charge in [0.25, 0.3) is 0 Å². The fourth-order valence-electron chi connectivity index (χ4n) is 3.61. The third kappa shape index (κ3) is 13.6. The van der Waals surface area contributed by atoms with E-state index in [2.05, 4.69) is 65.6 Å². The van der Waals surface area contributed by atoms with Gasteiger partial charge >= 0.3 is 8.80 Å². The number of aliphatic imine (C=N–C) groups is 2. The van der Waals surface area contributed by atoms with E-state index >= 15 is 0 Å². The van der Waals surface area contributed by atoms with Gasteiger partial charge in [0, 0.05) is 64.3 Å². The molecule has 0 aliphatic heterocycles. The molecule has 0 bridgehead atoms. The van der Waals surface area contributed by atoms with E-state index in [1.165, 1.54) is 5.71 Å². The van der Waals surface area contributed by atoms with E-state index in [0.717, 1.165) is 50.8 Å². The summed E-state index contributed by atoms with van der Waals surface area (Å²) in [5.41, 5.74) is 1.33. The molecule has 8 heteroatoms. The molecule has 0 atom stereocenters. The molecule has 0 aromatic carbocycles. The van der Waals surface area contributed by atoms with Gasteiger partial charge < -0.3 is 23.5 Å². The molecule has 0 aromatic heterocycles. The second-order valence-electron chi connectivity index (χ2n) is 9.72. The fraction of sp³-hybridized carbons (Fsp3) is 0.917. The molecule has 0 amide bonds. The molecule has 0 fully saturated rings. The number of guanidine groups is 1. The van der Waals surface area contributed by atoms with Crippen LogP contribution >= 0.6 is 0 Å². The lowest BCUT2D eigenvalue weighted by molar-refractivity contribution is 0.122. The fourth-order valence-corrected chi connectivity index (χ4v) is 5.31. The second-order valence-corrected chi connectivity index (χ2v) is 12.8. The maximum absolute atomic E-state index is 5.61. The Labute approximate surface area is 199 Å². The van der Waals surface area contributed by atoms with Crippen molar-refractivity contribution in [1.29, 1.82) is 0 Å². The van der Waals surface area contributed by atoms with Crippen LogP contribution in [0.25, 0.3) is 0 Å². The molecular formula is C24H52N4O3Si. The molecule has 1 N–H and O–H groups in total. The van der Waals surface area contributed by atoms with Crippen LogP contribution in [0.3, 0.4) is 0 Å². The highest BCUT2D eigenvalue weighted by atomic mass is 28.4. The lowest BCUT2D eigenvalue weighted by Gasteiger charge is -2.30. The summed E-state index contributed by atoms with van der Waals surface area (Å²) < 4.78 is 16.8. The molecule has 0 aliphatic carbocycles. The lowest BCUT2D eigenvalue weighted by atomic mass is 10.0. The molecular weight excluding hydrogens is 420 g/mol. The van der Waals surface area contributed by atoms with Crippen molar-refractivity contribution >= 4 is 20.5 Å². The molecule has 190 valence electrons. The third-order valence-electron chi connectivity index (χ3n) is 4.92. The van der Waals surface area contributed by atoms with Gasteiger partial charge in [0.2, 0.25) is 0 Å². The second kappa shape index (κ2) is 16.6. The van der Waals surface area contributed by atoms with Crippen LogP contribution in [-0.2, 0) is 13.3 Å². The molecule has 0 radical (unpaired) electrons. The zero-order valence-corrected chi connectivity index (χ0v) is 23.8. The van der Waals surface area contributed by atoms with Gasteiger partial charge in [-0.1, -0.05) is 13.8 Å². The van der Waals surface area contributed by atoms with Crippen LogP contribution in [0.5, 0.6) is 0 Å². The lowest BCUT2D eigenvalue weighted by Crippen LogP contribution is -2.47. The standard InChI is InChI=1S/C24H52N4O3Si/c1-19(2)18-23(25-20(3)4)14-12-15-28(24(26-21(5)6)27-22(7)8)16-13-17-32(29-9,30-10)31-11/h19-22H,12-18H2,1-11H3,(H,26,27). The van der Waals surface area contributed by atoms with E-state index < -0.39 is 8.80 Å². The first kappa shape index (κ1) is 31.0. The molecule has 0 spiro atoms. The van der Waals surface area contributed by atoms with Crippen molar-refractivity contribution < 1.29 is 13.3 Å². The summed E-state index contributed by atoms with van der Waals surface area (Å²) >= 11 is 0. The summed E-state index contributed by atoms with van der Waals surface area (Å²) in [7, 11) is 2.45. The highest BCUT2D eigenvalue weighted by molar-refractivity contribution is 6.60. The zero-order chi connectivity index (χ0) is 24.7. The third-order valence-corrected chi connectivity index (χ3v) is 7.75. The van der Waals surface area contributed by atoms with Crippen LogP contribution in [0.15, 0.2) is 9.98 Å². The van der Waals surface area contributed by atoms with Crippen molar-refractivity contribution in [1.82, 2.24) is 10.2 Å². The minimum absolute atomic E-state index is 0.225. The van der Waals surface area contributed by atoms with Crippen molar-refractivity contribution in [2.24, 2.45) is 15.9 Å². The average Bonchev–Trinajstić information content (AvgIpc) is 2.68. The van der Waals surface area contributed by atoms with Gasteiger partial charge in [-0.05, 0) is 73.1 Å². The van der Waals surface area contributed by atoms with Crippen LogP contribution in [0.1, 0.15) is 81.1 Å². The molecule has 0 saturated carbocycles. The van der Waals surface area contributed by atoms with Crippen molar-refractivity contribution in [2.75, 3.05) is 34.4 Å². The van der Waals surface area contributed by atoms with E-state index in [1.807, 2.05) is 0 Å². The van der Waals surface area contributed by atoms with Gasteiger partial charge in [-0.2, -0.15) is 0 Å². The summed E-state index contributed by atoms with van der Waals surface area (Å²) in [6, 6.07) is 1.66. The number of nitrogens with zero attached hydrogens (tertiary/aromatic N) is 3. The Kier molecular flexibility index (Phi) is 16.1. The minimum Gasteiger partial charge on any atom is -0.377 e.